The Bertz CT molecular complexity index is 266. The Morgan fingerprint density at radius 2 is 2.29 bits per heavy atom. The fourth-order valence-corrected chi connectivity index (χ4v) is 2.02. The standard InChI is InChI=1S/C11H17NO2/c1-8-2-4-12(5-3-8)11(14)9-6-10(13)7-9/h2,9-10,13H,3-7H2,1H3. The summed E-state index contributed by atoms with van der Waals surface area (Å²) in [6, 6.07) is 0. The van der Waals surface area contributed by atoms with E-state index in [0.717, 1.165) is 19.5 Å². The van der Waals surface area contributed by atoms with E-state index < -0.39 is 0 Å². The van der Waals surface area contributed by atoms with Gasteiger partial charge in [0.05, 0.1) is 6.10 Å². The Morgan fingerprint density at radius 1 is 1.57 bits per heavy atom. The van der Waals surface area contributed by atoms with E-state index >= 15 is 0 Å². The Morgan fingerprint density at radius 3 is 2.79 bits per heavy atom. The number of hydrogen-bond donors (Lipinski definition) is 1. The minimum absolute atomic E-state index is 0.0943. The van der Waals surface area contributed by atoms with E-state index in [-0.39, 0.29) is 17.9 Å². The minimum atomic E-state index is -0.231. The first-order chi connectivity index (χ1) is 6.66. The monoisotopic (exact) mass is 195 g/mol. The summed E-state index contributed by atoms with van der Waals surface area (Å²) in [6.45, 7) is 3.72. The second-order valence-corrected chi connectivity index (χ2v) is 4.41. The third-order valence-electron chi connectivity index (χ3n) is 3.21. The molecule has 1 fully saturated rings. The Kier molecular flexibility index (Phi) is 2.59. The van der Waals surface area contributed by atoms with Crippen molar-refractivity contribution in [2.75, 3.05) is 13.1 Å². The molecule has 0 spiro atoms. The van der Waals surface area contributed by atoms with E-state index in [2.05, 4.69) is 13.0 Å². The molecular formula is C11H17NO2. The van der Waals surface area contributed by atoms with Crippen molar-refractivity contribution in [1.29, 1.82) is 0 Å². The first-order valence-electron chi connectivity index (χ1n) is 5.29. The minimum Gasteiger partial charge on any atom is -0.393 e. The van der Waals surface area contributed by atoms with Crippen LogP contribution in [0.5, 0.6) is 0 Å². The molecule has 1 amide bonds. The molecule has 0 bridgehead atoms. The summed E-state index contributed by atoms with van der Waals surface area (Å²) in [4.78, 5) is 13.7. The van der Waals surface area contributed by atoms with Gasteiger partial charge in [-0.25, -0.2) is 0 Å². The average Bonchev–Trinajstić information content (AvgIpc) is 2.13. The van der Waals surface area contributed by atoms with Crippen LogP contribution >= 0.6 is 0 Å². The summed E-state index contributed by atoms with van der Waals surface area (Å²) in [5.74, 6) is 0.329. The molecule has 0 unspecified atom stereocenters. The highest BCUT2D eigenvalue weighted by Gasteiger charge is 2.35. The molecular weight excluding hydrogens is 178 g/mol. The van der Waals surface area contributed by atoms with Gasteiger partial charge in [0.15, 0.2) is 0 Å². The van der Waals surface area contributed by atoms with Crippen molar-refractivity contribution in [2.45, 2.75) is 32.3 Å². The van der Waals surface area contributed by atoms with Gasteiger partial charge in [-0.15, -0.1) is 0 Å². The lowest BCUT2D eigenvalue weighted by Crippen LogP contribution is -2.45. The maximum Gasteiger partial charge on any atom is 0.226 e. The SMILES string of the molecule is CC1=CCN(C(=O)C2CC(O)C2)CC1. The molecule has 1 aliphatic carbocycles. The fourth-order valence-electron chi connectivity index (χ4n) is 2.02. The van der Waals surface area contributed by atoms with Crippen molar-refractivity contribution < 1.29 is 9.90 Å². The Labute approximate surface area is 84.4 Å². The molecule has 0 atom stereocenters. The highest BCUT2D eigenvalue weighted by Crippen LogP contribution is 2.29. The number of carbonyl (C=O) groups excluding carboxylic acids is 1. The van der Waals surface area contributed by atoms with Crippen LogP contribution in [0.3, 0.4) is 0 Å². The number of nitrogens with zero attached hydrogens (tertiary/aromatic N) is 1. The summed E-state index contributed by atoms with van der Waals surface area (Å²) in [6.07, 6.45) is 4.22. The van der Waals surface area contributed by atoms with Crippen LogP contribution < -0.4 is 0 Å². The van der Waals surface area contributed by atoms with Crippen LogP contribution in [-0.4, -0.2) is 35.1 Å². The third kappa shape index (κ3) is 1.82. The van der Waals surface area contributed by atoms with Crippen molar-refractivity contribution >= 4 is 5.91 Å². The van der Waals surface area contributed by atoms with Gasteiger partial charge in [0.25, 0.3) is 0 Å². The fraction of sp³-hybridized carbons (Fsp3) is 0.727. The van der Waals surface area contributed by atoms with Crippen molar-refractivity contribution in [3.8, 4) is 0 Å². The lowest BCUT2D eigenvalue weighted by molar-refractivity contribution is -0.142. The van der Waals surface area contributed by atoms with E-state index in [1.165, 1.54) is 5.57 Å². The zero-order chi connectivity index (χ0) is 10.1. The molecule has 0 radical (unpaired) electrons. The van der Waals surface area contributed by atoms with Gasteiger partial charge in [-0.05, 0) is 26.2 Å². The number of aliphatic hydroxyl groups is 1. The number of amides is 1. The van der Waals surface area contributed by atoms with E-state index in [0.29, 0.717) is 12.8 Å². The van der Waals surface area contributed by atoms with Gasteiger partial charge in [-0.1, -0.05) is 11.6 Å². The second-order valence-electron chi connectivity index (χ2n) is 4.41. The highest BCUT2D eigenvalue weighted by atomic mass is 16.3. The summed E-state index contributed by atoms with van der Waals surface area (Å²) in [5, 5.41) is 9.12. The zero-order valence-corrected chi connectivity index (χ0v) is 8.57. The van der Waals surface area contributed by atoms with E-state index in [4.69, 9.17) is 5.11 Å². The maximum atomic E-state index is 11.8. The van der Waals surface area contributed by atoms with E-state index in [1.807, 2.05) is 4.90 Å². The molecule has 0 aromatic rings. The van der Waals surface area contributed by atoms with Crippen LogP contribution in [0.4, 0.5) is 0 Å². The molecule has 1 saturated carbocycles. The van der Waals surface area contributed by atoms with Crippen LogP contribution in [-0.2, 0) is 4.79 Å². The Balaban J connectivity index is 1.87. The Hall–Kier alpha value is -0.830. The van der Waals surface area contributed by atoms with E-state index in [1.54, 1.807) is 0 Å². The van der Waals surface area contributed by atoms with Crippen LogP contribution in [0, 0.1) is 5.92 Å². The molecule has 78 valence electrons. The number of rotatable bonds is 1. The number of aliphatic hydroxyl groups excluding tert-OH is 1. The maximum absolute atomic E-state index is 11.8. The average molecular weight is 195 g/mol. The lowest BCUT2D eigenvalue weighted by atomic mass is 9.81. The molecule has 0 aromatic carbocycles. The summed E-state index contributed by atoms with van der Waals surface area (Å²) in [7, 11) is 0. The smallest absolute Gasteiger partial charge is 0.226 e. The van der Waals surface area contributed by atoms with Gasteiger partial charge in [-0.3, -0.25) is 4.79 Å². The van der Waals surface area contributed by atoms with Crippen LogP contribution in [0.25, 0.3) is 0 Å². The number of hydrogen-bond acceptors (Lipinski definition) is 2. The van der Waals surface area contributed by atoms with Gasteiger partial charge in [0.1, 0.15) is 0 Å². The summed E-state index contributed by atoms with van der Waals surface area (Å²) in [5.41, 5.74) is 1.38. The van der Waals surface area contributed by atoms with Crippen molar-refractivity contribution in [3.05, 3.63) is 11.6 Å². The largest absolute Gasteiger partial charge is 0.393 e. The lowest BCUT2D eigenvalue weighted by Gasteiger charge is -2.35. The van der Waals surface area contributed by atoms with Crippen LogP contribution in [0.15, 0.2) is 11.6 Å². The molecule has 0 saturated heterocycles. The van der Waals surface area contributed by atoms with Gasteiger partial charge >= 0.3 is 0 Å². The second kappa shape index (κ2) is 3.73. The van der Waals surface area contributed by atoms with Gasteiger partial charge in [0.2, 0.25) is 5.91 Å². The first-order valence-corrected chi connectivity index (χ1v) is 5.29. The van der Waals surface area contributed by atoms with Crippen molar-refractivity contribution in [3.63, 3.8) is 0 Å². The van der Waals surface area contributed by atoms with E-state index in [9.17, 15) is 4.79 Å². The van der Waals surface area contributed by atoms with Crippen molar-refractivity contribution in [2.24, 2.45) is 5.92 Å². The quantitative estimate of drug-likeness (QED) is 0.632. The van der Waals surface area contributed by atoms with Gasteiger partial charge < -0.3 is 10.0 Å². The molecule has 2 rings (SSSR count). The predicted molar refractivity (Wildman–Crippen MR) is 53.7 cm³/mol. The molecule has 2 aliphatic rings. The molecule has 1 heterocycles. The number of carbonyl (C=O) groups is 1. The first kappa shape index (κ1) is 9.71. The summed E-state index contributed by atoms with van der Waals surface area (Å²) < 4.78 is 0. The molecule has 14 heavy (non-hydrogen) atoms. The predicted octanol–water partition coefficient (Wildman–Crippen LogP) is 0.936. The normalized spacial score (nSPS) is 32.1. The highest BCUT2D eigenvalue weighted by molar-refractivity contribution is 5.80. The molecule has 1 aliphatic heterocycles. The molecule has 3 nitrogen and oxygen atoms in total. The molecule has 1 N–H and O–H groups in total. The molecule has 3 heteroatoms. The van der Waals surface area contributed by atoms with Crippen LogP contribution in [0.1, 0.15) is 26.2 Å². The van der Waals surface area contributed by atoms with Gasteiger partial charge in [0, 0.05) is 19.0 Å². The molecule has 0 aromatic heterocycles. The van der Waals surface area contributed by atoms with Crippen molar-refractivity contribution in [1.82, 2.24) is 4.90 Å². The summed E-state index contributed by atoms with van der Waals surface area (Å²) >= 11 is 0. The third-order valence-corrected chi connectivity index (χ3v) is 3.21. The zero-order valence-electron chi connectivity index (χ0n) is 8.57. The van der Waals surface area contributed by atoms with Crippen LogP contribution in [0.2, 0.25) is 0 Å². The van der Waals surface area contributed by atoms with Gasteiger partial charge in [-0.2, -0.15) is 0 Å². The topological polar surface area (TPSA) is 40.5 Å².